The SMILES string of the molecule is CC1(c2ccc3sccc3c2)CC(=O)N(CCCCO)C(N)=N1. The van der Waals surface area contributed by atoms with E-state index in [-0.39, 0.29) is 18.5 Å². The fourth-order valence-electron chi connectivity index (χ4n) is 2.96. The molecule has 1 aromatic carbocycles. The molecule has 1 amide bonds. The number of carbonyl (C=O) groups excluding carboxylic acids is 1. The molecule has 3 rings (SSSR count). The van der Waals surface area contributed by atoms with Gasteiger partial charge in [0.15, 0.2) is 5.96 Å². The Hall–Kier alpha value is -1.92. The quantitative estimate of drug-likeness (QED) is 0.826. The van der Waals surface area contributed by atoms with Crippen molar-refractivity contribution in [1.29, 1.82) is 0 Å². The number of hydrogen-bond acceptors (Lipinski definition) is 5. The predicted molar refractivity (Wildman–Crippen MR) is 93.4 cm³/mol. The lowest BCUT2D eigenvalue weighted by Crippen LogP contribution is -2.50. The first-order valence-corrected chi connectivity index (χ1v) is 8.66. The van der Waals surface area contributed by atoms with E-state index < -0.39 is 5.54 Å². The number of aliphatic imine (C=N–C) groups is 1. The maximum Gasteiger partial charge on any atom is 0.232 e. The van der Waals surface area contributed by atoms with Crippen molar-refractivity contribution in [2.75, 3.05) is 13.2 Å². The maximum absolute atomic E-state index is 12.5. The van der Waals surface area contributed by atoms with Gasteiger partial charge in [-0.1, -0.05) is 6.07 Å². The molecule has 2 heterocycles. The molecule has 5 nitrogen and oxygen atoms in total. The van der Waals surface area contributed by atoms with Crippen LogP contribution in [0.4, 0.5) is 0 Å². The van der Waals surface area contributed by atoms with Gasteiger partial charge in [-0.25, -0.2) is 4.99 Å². The summed E-state index contributed by atoms with van der Waals surface area (Å²) in [7, 11) is 0. The van der Waals surface area contributed by atoms with Crippen molar-refractivity contribution < 1.29 is 9.90 Å². The smallest absolute Gasteiger partial charge is 0.232 e. The van der Waals surface area contributed by atoms with E-state index in [4.69, 9.17) is 10.8 Å². The number of guanidine groups is 1. The van der Waals surface area contributed by atoms with Gasteiger partial charge in [-0.05, 0) is 54.3 Å². The van der Waals surface area contributed by atoms with E-state index in [0.717, 1.165) is 12.0 Å². The number of unbranched alkanes of at least 4 members (excludes halogenated alkanes) is 1. The van der Waals surface area contributed by atoms with Gasteiger partial charge in [0, 0.05) is 17.9 Å². The topological polar surface area (TPSA) is 78.9 Å². The molecule has 1 unspecified atom stereocenters. The lowest BCUT2D eigenvalue weighted by molar-refractivity contribution is -0.129. The largest absolute Gasteiger partial charge is 0.396 e. The van der Waals surface area contributed by atoms with Crippen molar-refractivity contribution in [3.05, 3.63) is 35.2 Å². The second-order valence-corrected chi connectivity index (χ2v) is 7.02. The van der Waals surface area contributed by atoms with E-state index in [1.807, 2.05) is 13.0 Å². The maximum atomic E-state index is 12.5. The summed E-state index contributed by atoms with van der Waals surface area (Å²) < 4.78 is 1.22. The van der Waals surface area contributed by atoms with Crippen LogP contribution in [0.5, 0.6) is 0 Å². The Balaban J connectivity index is 1.88. The zero-order valence-corrected chi connectivity index (χ0v) is 14.0. The summed E-state index contributed by atoms with van der Waals surface area (Å²) in [5.74, 6) is 0.260. The number of thiophene rings is 1. The highest BCUT2D eigenvalue weighted by Gasteiger charge is 2.37. The molecular formula is C17H21N3O2S. The summed E-state index contributed by atoms with van der Waals surface area (Å²) in [6.45, 7) is 2.59. The number of aliphatic hydroxyl groups excluding tert-OH is 1. The summed E-state index contributed by atoms with van der Waals surface area (Å²) >= 11 is 1.70. The van der Waals surface area contributed by atoms with E-state index >= 15 is 0 Å². The van der Waals surface area contributed by atoms with Crippen molar-refractivity contribution in [2.45, 2.75) is 31.7 Å². The highest BCUT2D eigenvalue weighted by molar-refractivity contribution is 7.17. The summed E-state index contributed by atoms with van der Waals surface area (Å²) in [5, 5.41) is 12.1. The zero-order valence-electron chi connectivity index (χ0n) is 13.2. The number of carbonyl (C=O) groups is 1. The minimum Gasteiger partial charge on any atom is -0.396 e. The highest BCUT2D eigenvalue weighted by Crippen LogP contribution is 2.35. The molecule has 23 heavy (non-hydrogen) atoms. The van der Waals surface area contributed by atoms with Gasteiger partial charge in [0.1, 0.15) is 0 Å². The van der Waals surface area contributed by atoms with E-state index in [1.165, 1.54) is 15.0 Å². The predicted octanol–water partition coefficient (Wildman–Crippen LogP) is 2.44. The Morgan fingerprint density at radius 2 is 2.22 bits per heavy atom. The molecule has 1 aliphatic heterocycles. The molecule has 0 bridgehead atoms. The molecule has 6 heteroatoms. The minimum atomic E-state index is -0.620. The third kappa shape index (κ3) is 3.09. The van der Waals surface area contributed by atoms with E-state index in [0.29, 0.717) is 19.4 Å². The summed E-state index contributed by atoms with van der Waals surface area (Å²) in [5.41, 5.74) is 6.44. The zero-order chi connectivity index (χ0) is 16.4. The van der Waals surface area contributed by atoms with Gasteiger partial charge in [0.25, 0.3) is 0 Å². The van der Waals surface area contributed by atoms with Gasteiger partial charge in [-0.15, -0.1) is 11.3 Å². The molecule has 0 spiro atoms. The fraction of sp³-hybridized carbons (Fsp3) is 0.412. The van der Waals surface area contributed by atoms with Gasteiger partial charge in [0.2, 0.25) is 5.91 Å². The highest BCUT2D eigenvalue weighted by atomic mass is 32.1. The van der Waals surface area contributed by atoms with Gasteiger partial charge in [0.05, 0.1) is 12.0 Å². The number of nitrogens with two attached hydrogens (primary N) is 1. The number of nitrogens with zero attached hydrogens (tertiary/aromatic N) is 2. The Labute approximate surface area is 139 Å². The molecular weight excluding hydrogens is 310 g/mol. The Morgan fingerprint density at radius 1 is 1.39 bits per heavy atom. The van der Waals surface area contributed by atoms with E-state index in [1.54, 1.807) is 11.3 Å². The lowest BCUT2D eigenvalue weighted by atomic mass is 9.87. The molecule has 1 aromatic heterocycles. The van der Waals surface area contributed by atoms with Crippen LogP contribution in [0.15, 0.2) is 34.6 Å². The Bertz CT molecular complexity index is 755. The first kappa shape index (κ1) is 16.0. The minimum absolute atomic E-state index is 0.0108. The summed E-state index contributed by atoms with van der Waals surface area (Å²) in [4.78, 5) is 18.7. The van der Waals surface area contributed by atoms with Crippen LogP contribution >= 0.6 is 11.3 Å². The number of benzene rings is 1. The average molecular weight is 331 g/mol. The second kappa shape index (κ2) is 6.29. The molecule has 0 saturated carbocycles. The van der Waals surface area contributed by atoms with Crippen LogP contribution in [0, 0.1) is 0 Å². The molecule has 122 valence electrons. The fourth-order valence-corrected chi connectivity index (χ4v) is 3.73. The van der Waals surface area contributed by atoms with Crippen LogP contribution < -0.4 is 5.73 Å². The number of hydrogen-bond donors (Lipinski definition) is 2. The van der Waals surface area contributed by atoms with E-state index in [2.05, 4.69) is 28.6 Å². The number of aliphatic hydroxyl groups is 1. The van der Waals surface area contributed by atoms with E-state index in [9.17, 15) is 4.79 Å². The Morgan fingerprint density at radius 3 is 2.96 bits per heavy atom. The molecule has 0 radical (unpaired) electrons. The molecule has 0 fully saturated rings. The van der Waals surface area contributed by atoms with Crippen molar-refractivity contribution >= 4 is 33.3 Å². The molecule has 2 aromatic rings. The summed E-state index contributed by atoms with van der Waals surface area (Å²) in [6.07, 6.45) is 1.68. The second-order valence-electron chi connectivity index (χ2n) is 6.07. The standard InChI is InChI=1S/C17H21N3O2S/c1-17(13-4-5-14-12(10-13)6-9-23-14)11-15(22)20(16(18)19-17)7-2-3-8-21/h4-6,9-10,21H,2-3,7-8,11H2,1H3,(H2,18,19). The third-order valence-electron chi connectivity index (χ3n) is 4.30. The van der Waals surface area contributed by atoms with Gasteiger partial charge >= 0.3 is 0 Å². The first-order valence-electron chi connectivity index (χ1n) is 7.78. The molecule has 1 aliphatic rings. The monoisotopic (exact) mass is 331 g/mol. The molecule has 0 saturated heterocycles. The number of fused-ring (bicyclic) bond motifs is 1. The lowest BCUT2D eigenvalue weighted by Gasteiger charge is -2.35. The molecule has 1 atom stereocenters. The average Bonchev–Trinajstić information content (AvgIpc) is 2.97. The summed E-state index contributed by atoms with van der Waals surface area (Å²) in [6, 6.07) is 8.28. The van der Waals surface area contributed by atoms with Crippen molar-refractivity contribution in [1.82, 2.24) is 4.90 Å². The van der Waals surface area contributed by atoms with Crippen LogP contribution in [-0.2, 0) is 10.3 Å². The van der Waals surface area contributed by atoms with Crippen molar-refractivity contribution in [2.24, 2.45) is 10.7 Å². The van der Waals surface area contributed by atoms with Crippen LogP contribution in [0.25, 0.3) is 10.1 Å². The van der Waals surface area contributed by atoms with Crippen LogP contribution in [0.1, 0.15) is 31.7 Å². The molecule has 3 N–H and O–H groups in total. The third-order valence-corrected chi connectivity index (χ3v) is 5.20. The van der Waals surface area contributed by atoms with Gasteiger partial charge in [-0.2, -0.15) is 0 Å². The Kier molecular flexibility index (Phi) is 4.37. The van der Waals surface area contributed by atoms with Gasteiger partial charge in [-0.3, -0.25) is 9.69 Å². The van der Waals surface area contributed by atoms with Gasteiger partial charge < -0.3 is 10.8 Å². The van der Waals surface area contributed by atoms with Crippen molar-refractivity contribution in [3.63, 3.8) is 0 Å². The van der Waals surface area contributed by atoms with Crippen LogP contribution in [-0.4, -0.2) is 35.0 Å². The van der Waals surface area contributed by atoms with Crippen molar-refractivity contribution in [3.8, 4) is 0 Å². The van der Waals surface area contributed by atoms with Crippen LogP contribution in [0.3, 0.4) is 0 Å². The molecule has 0 aliphatic carbocycles. The first-order chi connectivity index (χ1) is 11.0. The van der Waals surface area contributed by atoms with Crippen LogP contribution in [0.2, 0.25) is 0 Å². The normalized spacial score (nSPS) is 21.7. The number of amides is 1. The number of rotatable bonds is 5.